The fraction of sp³-hybridized carbons (Fsp3) is 0.333. The summed E-state index contributed by atoms with van der Waals surface area (Å²) in [6.07, 6.45) is -1.97. The van der Waals surface area contributed by atoms with Gasteiger partial charge in [0.2, 0.25) is 0 Å². The van der Waals surface area contributed by atoms with Crippen molar-refractivity contribution in [3.8, 4) is 11.1 Å². The number of ether oxygens (including phenoxy) is 1. The second-order valence-corrected chi connectivity index (χ2v) is 7.50. The van der Waals surface area contributed by atoms with E-state index in [4.69, 9.17) is 4.74 Å². The third-order valence-electron chi connectivity index (χ3n) is 5.61. The molecule has 5 nitrogen and oxygen atoms in total. The van der Waals surface area contributed by atoms with Gasteiger partial charge in [-0.1, -0.05) is 48.5 Å². The fourth-order valence-corrected chi connectivity index (χ4v) is 4.19. The molecule has 28 heavy (non-hydrogen) atoms. The largest absolute Gasteiger partial charge is 0.480 e. The van der Waals surface area contributed by atoms with Crippen LogP contribution in [0.4, 0.5) is 13.6 Å². The summed E-state index contributed by atoms with van der Waals surface area (Å²) in [6.45, 7) is 0.106. The molecule has 146 valence electrons. The number of amides is 1. The molecule has 0 bridgehead atoms. The van der Waals surface area contributed by atoms with Gasteiger partial charge in [-0.05, 0) is 29.2 Å². The first kappa shape index (κ1) is 18.4. The molecule has 1 amide bonds. The number of nitrogens with zero attached hydrogens (tertiary/aromatic N) is 1. The van der Waals surface area contributed by atoms with Crippen LogP contribution >= 0.6 is 0 Å². The highest BCUT2D eigenvalue weighted by molar-refractivity contribution is 5.85. The monoisotopic (exact) mass is 387 g/mol. The zero-order valence-electron chi connectivity index (χ0n) is 15.2. The maximum Gasteiger partial charge on any atom is 0.410 e. The predicted octanol–water partition coefficient (Wildman–Crippen LogP) is 4.12. The number of benzene rings is 2. The minimum Gasteiger partial charge on any atom is -0.480 e. The van der Waals surface area contributed by atoms with E-state index in [9.17, 15) is 23.5 Å². The van der Waals surface area contributed by atoms with Crippen molar-refractivity contribution in [2.45, 2.75) is 30.7 Å². The molecule has 1 unspecified atom stereocenters. The van der Waals surface area contributed by atoms with Crippen molar-refractivity contribution in [3.63, 3.8) is 0 Å². The van der Waals surface area contributed by atoms with E-state index in [1.807, 2.05) is 48.5 Å². The number of hydrogen-bond acceptors (Lipinski definition) is 3. The number of carboxylic acids is 1. The Morgan fingerprint density at radius 1 is 1.11 bits per heavy atom. The van der Waals surface area contributed by atoms with Crippen LogP contribution in [-0.4, -0.2) is 46.7 Å². The van der Waals surface area contributed by atoms with Crippen LogP contribution in [0.15, 0.2) is 48.5 Å². The molecule has 1 heterocycles. The van der Waals surface area contributed by atoms with Gasteiger partial charge in [-0.25, -0.2) is 18.4 Å². The number of carbonyl (C=O) groups excluding carboxylic acids is 1. The van der Waals surface area contributed by atoms with Gasteiger partial charge in [0, 0.05) is 12.3 Å². The van der Waals surface area contributed by atoms with E-state index >= 15 is 0 Å². The van der Waals surface area contributed by atoms with Gasteiger partial charge in [0.1, 0.15) is 12.1 Å². The first-order chi connectivity index (χ1) is 13.2. The third-order valence-corrected chi connectivity index (χ3v) is 5.61. The van der Waals surface area contributed by atoms with Crippen LogP contribution in [0.3, 0.4) is 0 Å². The van der Waals surface area contributed by atoms with E-state index in [-0.39, 0.29) is 12.5 Å². The van der Waals surface area contributed by atoms with E-state index in [1.54, 1.807) is 0 Å². The average Bonchev–Trinajstić information content (AvgIpc) is 3.11. The highest BCUT2D eigenvalue weighted by atomic mass is 19.3. The summed E-state index contributed by atoms with van der Waals surface area (Å²) >= 11 is 0. The number of likely N-dealkylation sites (tertiary alicyclic amines) is 1. The maximum atomic E-state index is 13.8. The zero-order chi connectivity index (χ0) is 20.1. The lowest BCUT2D eigenvalue weighted by atomic mass is 9.98. The molecule has 0 spiro atoms. The number of fused-ring (bicyclic) bond motifs is 3. The van der Waals surface area contributed by atoms with E-state index in [1.165, 1.54) is 0 Å². The number of alkyl halides is 2. The number of rotatable bonds is 3. The molecule has 2 aromatic rings. The molecule has 0 saturated carbocycles. The van der Waals surface area contributed by atoms with E-state index in [2.05, 4.69) is 0 Å². The van der Waals surface area contributed by atoms with Crippen LogP contribution in [-0.2, 0) is 9.53 Å². The highest BCUT2D eigenvalue weighted by Gasteiger charge is 2.59. The van der Waals surface area contributed by atoms with E-state index in [0.717, 1.165) is 29.2 Å². The number of aliphatic carboxylic acids is 1. The van der Waals surface area contributed by atoms with Gasteiger partial charge in [-0.15, -0.1) is 0 Å². The fourth-order valence-electron chi connectivity index (χ4n) is 4.19. The summed E-state index contributed by atoms with van der Waals surface area (Å²) in [5, 5.41) is 9.38. The molecule has 1 saturated heterocycles. The van der Waals surface area contributed by atoms with Crippen molar-refractivity contribution >= 4 is 12.1 Å². The van der Waals surface area contributed by atoms with Gasteiger partial charge in [-0.3, -0.25) is 4.90 Å². The van der Waals surface area contributed by atoms with Crippen molar-refractivity contribution < 1.29 is 28.2 Å². The van der Waals surface area contributed by atoms with Crippen LogP contribution in [0.2, 0.25) is 0 Å². The minimum atomic E-state index is -3.27. The summed E-state index contributed by atoms with van der Waals surface area (Å²) in [6, 6.07) is 15.5. The zero-order valence-corrected chi connectivity index (χ0v) is 15.2. The molecular weight excluding hydrogens is 368 g/mol. The van der Waals surface area contributed by atoms with Gasteiger partial charge in [-0.2, -0.15) is 0 Å². The summed E-state index contributed by atoms with van der Waals surface area (Å²) in [5.74, 6) is -4.97. The summed E-state index contributed by atoms with van der Waals surface area (Å²) in [5.41, 5.74) is 2.07. The normalized spacial score (nSPS) is 22.6. The molecule has 4 rings (SSSR count). The predicted molar refractivity (Wildman–Crippen MR) is 97.4 cm³/mol. The Morgan fingerprint density at radius 3 is 2.18 bits per heavy atom. The summed E-state index contributed by atoms with van der Waals surface area (Å²) in [7, 11) is 0. The standard InChI is InChI=1S/C21H19F2NO4/c1-20(18(25)26)11-21(22,23)12-24(20)19(27)28-10-17-15-8-4-2-6-13(15)14-7-3-5-9-16(14)17/h2-9,17H,10-12H2,1H3,(H,25,26). The van der Waals surface area contributed by atoms with Crippen LogP contribution < -0.4 is 0 Å². The molecule has 1 fully saturated rings. The van der Waals surface area contributed by atoms with Crippen molar-refractivity contribution in [1.82, 2.24) is 4.90 Å². The molecule has 0 radical (unpaired) electrons. The lowest BCUT2D eigenvalue weighted by Gasteiger charge is -2.29. The van der Waals surface area contributed by atoms with Crippen LogP contribution in [0.5, 0.6) is 0 Å². The molecule has 2 aliphatic rings. The molecule has 7 heteroatoms. The second kappa shape index (κ2) is 6.29. The lowest BCUT2D eigenvalue weighted by molar-refractivity contribution is -0.148. The minimum absolute atomic E-state index is 0.0510. The lowest BCUT2D eigenvalue weighted by Crippen LogP contribution is -2.51. The molecule has 2 aromatic carbocycles. The van der Waals surface area contributed by atoms with Crippen LogP contribution in [0.1, 0.15) is 30.4 Å². The third kappa shape index (κ3) is 2.82. The Hall–Kier alpha value is -2.96. The molecule has 1 aliphatic heterocycles. The van der Waals surface area contributed by atoms with Crippen molar-refractivity contribution in [2.24, 2.45) is 0 Å². The van der Waals surface area contributed by atoms with Crippen LogP contribution in [0, 0.1) is 0 Å². The number of carbonyl (C=O) groups is 2. The van der Waals surface area contributed by atoms with E-state index < -0.39 is 36.5 Å². The van der Waals surface area contributed by atoms with Crippen molar-refractivity contribution in [1.29, 1.82) is 0 Å². The Bertz CT molecular complexity index is 915. The molecule has 1 atom stereocenters. The van der Waals surface area contributed by atoms with Gasteiger partial charge in [0.25, 0.3) is 5.92 Å². The number of hydrogen-bond donors (Lipinski definition) is 1. The summed E-state index contributed by atoms with van der Waals surface area (Å²) in [4.78, 5) is 24.7. The molecule has 0 aromatic heterocycles. The van der Waals surface area contributed by atoms with Gasteiger partial charge >= 0.3 is 12.1 Å². The molecule has 1 N–H and O–H groups in total. The first-order valence-corrected chi connectivity index (χ1v) is 8.97. The van der Waals surface area contributed by atoms with Crippen LogP contribution in [0.25, 0.3) is 11.1 Å². The number of halogens is 2. The second-order valence-electron chi connectivity index (χ2n) is 7.50. The average molecular weight is 387 g/mol. The highest BCUT2D eigenvalue weighted by Crippen LogP contribution is 2.45. The van der Waals surface area contributed by atoms with Crippen molar-refractivity contribution in [3.05, 3.63) is 59.7 Å². The Kier molecular flexibility index (Phi) is 4.14. The summed E-state index contributed by atoms with van der Waals surface area (Å²) < 4.78 is 33.0. The molecular formula is C21H19F2NO4. The van der Waals surface area contributed by atoms with Gasteiger partial charge in [0.15, 0.2) is 0 Å². The topological polar surface area (TPSA) is 66.8 Å². The quantitative estimate of drug-likeness (QED) is 0.860. The smallest absolute Gasteiger partial charge is 0.410 e. The van der Waals surface area contributed by atoms with Gasteiger partial charge < -0.3 is 9.84 Å². The first-order valence-electron chi connectivity index (χ1n) is 8.97. The Morgan fingerprint density at radius 2 is 1.64 bits per heavy atom. The van der Waals surface area contributed by atoms with Crippen molar-refractivity contribution in [2.75, 3.05) is 13.2 Å². The Labute approximate surface area is 160 Å². The van der Waals surface area contributed by atoms with E-state index in [0.29, 0.717) is 4.90 Å². The maximum absolute atomic E-state index is 13.8. The Balaban J connectivity index is 1.57. The number of carboxylic acid groups (broad SMARTS) is 1. The molecule has 1 aliphatic carbocycles. The SMILES string of the molecule is CC1(C(=O)O)CC(F)(F)CN1C(=O)OCC1c2ccccc2-c2ccccc21. The van der Waals surface area contributed by atoms with Gasteiger partial charge in [0.05, 0.1) is 6.54 Å².